The summed E-state index contributed by atoms with van der Waals surface area (Å²) in [6.45, 7) is 0. The van der Waals surface area contributed by atoms with Crippen LogP contribution in [0.4, 0.5) is 13.2 Å². The summed E-state index contributed by atoms with van der Waals surface area (Å²) in [7, 11) is 0. The molecule has 0 heterocycles. The molecular weight excluding hydrogens is 217 g/mol. The van der Waals surface area contributed by atoms with Gasteiger partial charge in [-0.25, -0.2) is 0 Å². The third-order valence-electron chi connectivity index (χ3n) is 3.78. The number of rotatable bonds is 3. The largest absolute Gasteiger partial charge is 0.391 e. The van der Waals surface area contributed by atoms with Gasteiger partial charge in [0, 0.05) is 12.3 Å². The Morgan fingerprint density at radius 2 is 1.81 bits per heavy atom. The SMILES string of the molecule is O=C(CC1CC1)C1CCCC(C(F)(F)F)C1. The molecule has 0 aromatic rings. The third-order valence-corrected chi connectivity index (χ3v) is 3.78. The predicted octanol–water partition coefficient (Wildman–Crippen LogP) is 3.72. The Hall–Kier alpha value is -0.540. The molecule has 2 atom stereocenters. The number of halogens is 3. The average molecular weight is 234 g/mol. The maximum Gasteiger partial charge on any atom is 0.391 e. The number of ketones is 1. The van der Waals surface area contributed by atoms with Gasteiger partial charge in [-0.1, -0.05) is 6.42 Å². The number of carbonyl (C=O) groups excluding carboxylic acids is 1. The minimum Gasteiger partial charge on any atom is -0.299 e. The standard InChI is InChI=1S/C12H17F3O/c13-12(14,15)10-3-1-2-9(7-10)11(16)6-8-4-5-8/h8-10H,1-7H2. The van der Waals surface area contributed by atoms with Crippen LogP contribution in [0.2, 0.25) is 0 Å². The van der Waals surface area contributed by atoms with E-state index >= 15 is 0 Å². The highest BCUT2D eigenvalue weighted by atomic mass is 19.4. The molecule has 0 aliphatic heterocycles. The molecule has 2 unspecified atom stereocenters. The van der Waals surface area contributed by atoms with Crippen LogP contribution in [0.5, 0.6) is 0 Å². The summed E-state index contributed by atoms with van der Waals surface area (Å²) in [5.74, 6) is -0.995. The smallest absolute Gasteiger partial charge is 0.299 e. The fourth-order valence-corrected chi connectivity index (χ4v) is 2.55. The zero-order valence-corrected chi connectivity index (χ0v) is 9.22. The molecular formula is C12H17F3O. The quantitative estimate of drug-likeness (QED) is 0.727. The number of hydrogen-bond acceptors (Lipinski definition) is 1. The Kier molecular flexibility index (Phi) is 3.27. The van der Waals surface area contributed by atoms with E-state index in [1.807, 2.05) is 0 Å². The van der Waals surface area contributed by atoms with Crippen LogP contribution in [0, 0.1) is 17.8 Å². The Bertz CT molecular complexity index is 268. The fraction of sp³-hybridized carbons (Fsp3) is 0.917. The van der Waals surface area contributed by atoms with Crippen molar-refractivity contribution >= 4 is 5.78 Å². The van der Waals surface area contributed by atoms with Crippen molar-refractivity contribution in [1.29, 1.82) is 0 Å². The molecule has 0 radical (unpaired) electrons. The van der Waals surface area contributed by atoms with Gasteiger partial charge in [0.1, 0.15) is 5.78 Å². The molecule has 92 valence electrons. The molecule has 0 aromatic heterocycles. The van der Waals surface area contributed by atoms with E-state index in [9.17, 15) is 18.0 Å². The predicted molar refractivity (Wildman–Crippen MR) is 53.9 cm³/mol. The highest BCUT2D eigenvalue weighted by molar-refractivity contribution is 5.81. The maximum absolute atomic E-state index is 12.5. The van der Waals surface area contributed by atoms with E-state index in [1.54, 1.807) is 0 Å². The fourth-order valence-electron chi connectivity index (χ4n) is 2.55. The van der Waals surface area contributed by atoms with E-state index in [1.165, 1.54) is 0 Å². The van der Waals surface area contributed by atoms with Crippen LogP contribution in [0.1, 0.15) is 44.9 Å². The highest BCUT2D eigenvalue weighted by Gasteiger charge is 2.43. The summed E-state index contributed by atoms with van der Waals surface area (Å²) in [5.41, 5.74) is 0. The molecule has 0 N–H and O–H groups in total. The number of alkyl halides is 3. The van der Waals surface area contributed by atoms with Gasteiger partial charge in [0.25, 0.3) is 0 Å². The molecule has 0 saturated heterocycles. The van der Waals surface area contributed by atoms with Crippen molar-refractivity contribution in [2.45, 2.75) is 51.1 Å². The van der Waals surface area contributed by atoms with Crippen LogP contribution in [0.3, 0.4) is 0 Å². The van der Waals surface area contributed by atoms with Crippen LogP contribution >= 0.6 is 0 Å². The Morgan fingerprint density at radius 3 is 2.38 bits per heavy atom. The van der Waals surface area contributed by atoms with Crippen molar-refractivity contribution in [3.8, 4) is 0 Å². The topological polar surface area (TPSA) is 17.1 Å². The van der Waals surface area contributed by atoms with Crippen LogP contribution in [0.15, 0.2) is 0 Å². The van der Waals surface area contributed by atoms with Gasteiger partial charge < -0.3 is 0 Å². The molecule has 1 nitrogen and oxygen atoms in total. The Labute approximate surface area is 93.4 Å². The van der Waals surface area contributed by atoms with E-state index in [0.717, 1.165) is 12.8 Å². The lowest BCUT2D eigenvalue weighted by atomic mass is 9.78. The number of carbonyl (C=O) groups is 1. The highest BCUT2D eigenvalue weighted by Crippen LogP contribution is 2.42. The molecule has 2 rings (SSSR count). The van der Waals surface area contributed by atoms with Gasteiger partial charge in [-0.2, -0.15) is 13.2 Å². The van der Waals surface area contributed by atoms with Crippen LogP contribution < -0.4 is 0 Å². The van der Waals surface area contributed by atoms with Gasteiger partial charge in [-0.05, 0) is 38.0 Å². The van der Waals surface area contributed by atoms with Crippen molar-refractivity contribution in [1.82, 2.24) is 0 Å². The summed E-state index contributed by atoms with van der Waals surface area (Å²) >= 11 is 0. The summed E-state index contributed by atoms with van der Waals surface area (Å²) in [4.78, 5) is 11.8. The average Bonchev–Trinajstić information content (AvgIpc) is 3.00. The van der Waals surface area contributed by atoms with E-state index < -0.39 is 12.1 Å². The lowest BCUT2D eigenvalue weighted by Gasteiger charge is -2.29. The molecule has 0 amide bonds. The van der Waals surface area contributed by atoms with Gasteiger partial charge in [0.15, 0.2) is 0 Å². The first-order valence-electron chi connectivity index (χ1n) is 6.06. The lowest BCUT2D eigenvalue weighted by Crippen LogP contribution is -2.31. The zero-order valence-electron chi connectivity index (χ0n) is 9.22. The van der Waals surface area contributed by atoms with Crippen LogP contribution in [0.25, 0.3) is 0 Å². The molecule has 2 saturated carbocycles. The number of Topliss-reactive ketones (excluding diaryl/α,β-unsaturated/α-hetero) is 1. The van der Waals surface area contributed by atoms with Gasteiger partial charge in [-0.15, -0.1) is 0 Å². The first-order valence-corrected chi connectivity index (χ1v) is 6.06. The van der Waals surface area contributed by atoms with Crippen molar-refractivity contribution in [3.63, 3.8) is 0 Å². The van der Waals surface area contributed by atoms with Gasteiger partial charge in [-0.3, -0.25) is 4.79 Å². The summed E-state index contributed by atoms with van der Waals surface area (Å²) in [6, 6.07) is 0. The molecule has 0 bridgehead atoms. The van der Waals surface area contributed by atoms with Crippen LogP contribution in [-0.4, -0.2) is 12.0 Å². The molecule has 16 heavy (non-hydrogen) atoms. The second-order valence-electron chi connectivity index (χ2n) is 5.22. The third kappa shape index (κ3) is 2.98. The van der Waals surface area contributed by atoms with Gasteiger partial charge in [0.05, 0.1) is 5.92 Å². The van der Waals surface area contributed by atoms with Gasteiger partial charge >= 0.3 is 6.18 Å². The second-order valence-corrected chi connectivity index (χ2v) is 5.22. The monoisotopic (exact) mass is 234 g/mol. The van der Waals surface area contributed by atoms with Crippen molar-refractivity contribution in [2.24, 2.45) is 17.8 Å². The minimum atomic E-state index is -4.11. The van der Waals surface area contributed by atoms with E-state index in [2.05, 4.69) is 0 Å². The van der Waals surface area contributed by atoms with E-state index in [4.69, 9.17) is 0 Å². The Balaban J connectivity index is 1.87. The van der Waals surface area contributed by atoms with Crippen molar-refractivity contribution in [2.75, 3.05) is 0 Å². The first-order chi connectivity index (χ1) is 7.47. The molecule has 2 aliphatic carbocycles. The second kappa shape index (κ2) is 4.38. The molecule has 0 spiro atoms. The Morgan fingerprint density at radius 1 is 1.12 bits per heavy atom. The number of hydrogen-bond donors (Lipinski definition) is 0. The van der Waals surface area contributed by atoms with E-state index in [0.29, 0.717) is 25.2 Å². The van der Waals surface area contributed by atoms with Crippen LogP contribution in [-0.2, 0) is 4.79 Å². The first kappa shape index (κ1) is 11.9. The summed E-state index contributed by atoms with van der Waals surface area (Å²) in [5, 5.41) is 0. The lowest BCUT2D eigenvalue weighted by molar-refractivity contribution is -0.186. The molecule has 4 heteroatoms. The molecule has 2 fully saturated rings. The van der Waals surface area contributed by atoms with E-state index in [-0.39, 0.29) is 24.5 Å². The molecule has 0 aromatic carbocycles. The maximum atomic E-state index is 12.5. The zero-order chi connectivity index (χ0) is 11.8. The molecule has 2 aliphatic rings. The van der Waals surface area contributed by atoms with Crippen molar-refractivity contribution < 1.29 is 18.0 Å². The summed E-state index contributed by atoms with van der Waals surface area (Å²) in [6.07, 6.45) is 0.0330. The van der Waals surface area contributed by atoms with Gasteiger partial charge in [0.2, 0.25) is 0 Å². The van der Waals surface area contributed by atoms with Crippen molar-refractivity contribution in [3.05, 3.63) is 0 Å². The minimum absolute atomic E-state index is 0.0368. The summed E-state index contributed by atoms with van der Waals surface area (Å²) < 4.78 is 37.6. The normalized spacial score (nSPS) is 31.4.